The largest absolute Gasteiger partial charge is 0.357 e. The maximum absolute atomic E-state index is 4.85. The van der Waals surface area contributed by atoms with Crippen LogP contribution in [0.25, 0.3) is 0 Å². The number of halogens is 1. The van der Waals surface area contributed by atoms with Crippen molar-refractivity contribution in [2.75, 3.05) is 45.8 Å². The molecule has 1 aliphatic rings. The summed E-state index contributed by atoms with van der Waals surface area (Å²) in [5.41, 5.74) is 0. The van der Waals surface area contributed by atoms with Gasteiger partial charge in [0.15, 0.2) is 5.96 Å². The number of rotatable bonds is 8. The smallest absolute Gasteiger partial charge is 0.194 e. The zero-order chi connectivity index (χ0) is 18.1. The minimum Gasteiger partial charge on any atom is -0.357 e. The van der Waals surface area contributed by atoms with Gasteiger partial charge in [0.1, 0.15) is 5.82 Å². The Morgan fingerprint density at radius 3 is 2.54 bits per heavy atom. The molecule has 1 aromatic rings. The summed E-state index contributed by atoms with van der Waals surface area (Å²) in [4.78, 5) is 14.1. The normalized spacial score (nSPS) is 16.0. The van der Waals surface area contributed by atoms with Gasteiger partial charge < -0.3 is 14.8 Å². The predicted molar refractivity (Wildman–Crippen MR) is 120 cm³/mol. The molecule has 7 heteroatoms. The molecule has 0 aliphatic carbocycles. The molecule has 1 aliphatic heterocycles. The molecule has 1 aromatic heterocycles. The van der Waals surface area contributed by atoms with E-state index in [4.69, 9.17) is 4.99 Å². The lowest BCUT2D eigenvalue weighted by atomic mass is 10.2. The van der Waals surface area contributed by atoms with Gasteiger partial charge in [-0.2, -0.15) is 0 Å². The fourth-order valence-electron chi connectivity index (χ4n) is 3.30. The molecule has 6 nitrogen and oxygen atoms in total. The predicted octanol–water partition coefficient (Wildman–Crippen LogP) is 2.83. The molecule has 0 unspecified atom stereocenters. The fourth-order valence-corrected chi connectivity index (χ4v) is 3.30. The second-order valence-corrected chi connectivity index (χ2v) is 7.29. The average Bonchev–Trinajstić information content (AvgIpc) is 2.99. The summed E-state index contributed by atoms with van der Waals surface area (Å²) in [6.07, 6.45) is 6.18. The number of imidazole rings is 1. The average molecular weight is 476 g/mol. The van der Waals surface area contributed by atoms with Crippen molar-refractivity contribution in [2.45, 2.75) is 47.1 Å². The molecule has 2 heterocycles. The maximum Gasteiger partial charge on any atom is 0.194 e. The summed E-state index contributed by atoms with van der Waals surface area (Å²) in [7, 11) is 0. The van der Waals surface area contributed by atoms with Crippen LogP contribution in [-0.2, 0) is 6.54 Å². The van der Waals surface area contributed by atoms with E-state index >= 15 is 0 Å². The second kappa shape index (κ2) is 12.5. The van der Waals surface area contributed by atoms with E-state index in [0.717, 1.165) is 76.4 Å². The lowest BCUT2D eigenvalue weighted by molar-refractivity contribution is 0.164. The lowest BCUT2D eigenvalue weighted by Gasteiger charge is -2.37. The first-order valence-electron chi connectivity index (χ1n) is 9.83. The number of aromatic nitrogens is 2. The number of aliphatic imine (C=N–C) groups is 1. The summed E-state index contributed by atoms with van der Waals surface area (Å²) in [5.74, 6) is 2.93. The van der Waals surface area contributed by atoms with Crippen molar-refractivity contribution in [1.82, 2.24) is 24.7 Å². The molecule has 0 bridgehead atoms. The Morgan fingerprint density at radius 2 is 1.96 bits per heavy atom. The summed E-state index contributed by atoms with van der Waals surface area (Å²) in [5, 5.41) is 3.46. The van der Waals surface area contributed by atoms with Crippen molar-refractivity contribution in [2.24, 2.45) is 10.9 Å². The first-order chi connectivity index (χ1) is 12.1. The highest BCUT2D eigenvalue weighted by atomic mass is 127. The third-order valence-electron chi connectivity index (χ3n) is 4.62. The molecule has 26 heavy (non-hydrogen) atoms. The van der Waals surface area contributed by atoms with Crippen molar-refractivity contribution >= 4 is 29.9 Å². The Morgan fingerprint density at radius 1 is 1.23 bits per heavy atom. The molecule has 0 amide bonds. The summed E-state index contributed by atoms with van der Waals surface area (Å²) < 4.78 is 2.21. The fraction of sp³-hybridized carbons (Fsp3) is 0.789. The number of hydrogen-bond acceptors (Lipinski definition) is 3. The van der Waals surface area contributed by atoms with Crippen molar-refractivity contribution in [3.8, 4) is 0 Å². The van der Waals surface area contributed by atoms with E-state index in [9.17, 15) is 0 Å². The number of guanidine groups is 1. The van der Waals surface area contributed by atoms with Gasteiger partial charge in [0, 0.05) is 64.8 Å². The minimum atomic E-state index is 0. The van der Waals surface area contributed by atoms with Crippen molar-refractivity contribution in [1.29, 1.82) is 0 Å². The number of hydrogen-bond donors (Lipinski definition) is 1. The quantitative estimate of drug-likeness (QED) is 0.271. The molecular weight excluding hydrogens is 439 g/mol. The standard InChI is InChI=1S/C19H36N6.HI/c1-5-20-19(25-14-12-23(13-15-25)16-17(2)3)22-8-6-7-10-24-11-9-21-18(24)4;/h9,11,17H,5-8,10,12-16H2,1-4H3,(H,20,22);1H. The van der Waals surface area contributed by atoms with Gasteiger partial charge in [-0.3, -0.25) is 9.89 Å². The Balaban J connectivity index is 0.00000338. The molecule has 0 atom stereocenters. The molecule has 2 rings (SSSR count). The van der Waals surface area contributed by atoms with Gasteiger partial charge in [-0.05, 0) is 32.6 Å². The minimum absolute atomic E-state index is 0. The van der Waals surface area contributed by atoms with Gasteiger partial charge in [0.25, 0.3) is 0 Å². The van der Waals surface area contributed by atoms with Crippen LogP contribution in [-0.4, -0.2) is 71.1 Å². The van der Waals surface area contributed by atoms with E-state index in [0.29, 0.717) is 0 Å². The molecule has 1 saturated heterocycles. The van der Waals surface area contributed by atoms with Crippen molar-refractivity contribution in [3.05, 3.63) is 18.2 Å². The number of nitrogens with zero attached hydrogens (tertiary/aromatic N) is 5. The monoisotopic (exact) mass is 476 g/mol. The van der Waals surface area contributed by atoms with E-state index in [2.05, 4.69) is 58.6 Å². The maximum atomic E-state index is 4.85. The van der Waals surface area contributed by atoms with Crippen LogP contribution in [0.4, 0.5) is 0 Å². The topological polar surface area (TPSA) is 48.7 Å². The van der Waals surface area contributed by atoms with Crippen LogP contribution >= 0.6 is 24.0 Å². The number of unbranched alkanes of at least 4 members (excludes halogenated alkanes) is 1. The van der Waals surface area contributed by atoms with Gasteiger partial charge in [0.2, 0.25) is 0 Å². The highest BCUT2D eigenvalue weighted by Gasteiger charge is 2.19. The Labute approximate surface area is 176 Å². The van der Waals surface area contributed by atoms with Crippen LogP contribution in [0.1, 0.15) is 39.4 Å². The number of piperazine rings is 1. The van der Waals surface area contributed by atoms with Crippen LogP contribution in [0, 0.1) is 12.8 Å². The van der Waals surface area contributed by atoms with Gasteiger partial charge in [-0.25, -0.2) is 4.98 Å². The second-order valence-electron chi connectivity index (χ2n) is 7.29. The van der Waals surface area contributed by atoms with Gasteiger partial charge in [-0.1, -0.05) is 13.8 Å². The van der Waals surface area contributed by atoms with Crippen LogP contribution in [0.3, 0.4) is 0 Å². The first-order valence-corrected chi connectivity index (χ1v) is 9.83. The molecule has 1 N–H and O–H groups in total. The molecule has 0 aromatic carbocycles. The molecule has 1 fully saturated rings. The lowest BCUT2D eigenvalue weighted by Crippen LogP contribution is -2.53. The first kappa shape index (κ1) is 23.2. The number of aryl methyl sites for hydroxylation is 2. The zero-order valence-corrected chi connectivity index (χ0v) is 19.3. The molecule has 0 saturated carbocycles. The molecule has 0 radical (unpaired) electrons. The van der Waals surface area contributed by atoms with Gasteiger partial charge >= 0.3 is 0 Å². The highest BCUT2D eigenvalue weighted by molar-refractivity contribution is 14.0. The van der Waals surface area contributed by atoms with Crippen molar-refractivity contribution in [3.63, 3.8) is 0 Å². The molecule has 150 valence electrons. The van der Waals surface area contributed by atoms with E-state index in [1.165, 1.54) is 6.54 Å². The summed E-state index contributed by atoms with van der Waals surface area (Å²) >= 11 is 0. The summed E-state index contributed by atoms with van der Waals surface area (Å²) in [6, 6.07) is 0. The van der Waals surface area contributed by atoms with E-state index in [-0.39, 0.29) is 24.0 Å². The number of nitrogens with one attached hydrogen (secondary N) is 1. The zero-order valence-electron chi connectivity index (χ0n) is 16.9. The Hall–Kier alpha value is -0.830. The Kier molecular flexibility index (Phi) is 11.2. The van der Waals surface area contributed by atoms with Gasteiger partial charge in [-0.15, -0.1) is 24.0 Å². The van der Waals surface area contributed by atoms with Gasteiger partial charge in [0.05, 0.1) is 0 Å². The summed E-state index contributed by atoms with van der Waals surface area (Å²) in [6.45, 7) is 17.3. The third kappa shape index (κ3) is 7.82. The third-order valence-corrected chi connectivity index (χ3v) is 4.62. The van der Waals surface area contributed by atoms with E-state index < -0.39 is 0 Å². The SMILES string of the molecule is CCNC(=NCCCCn1ccnc1C)N1CCN(CC(C)C)CC1.I. The van der Waals surface area contributed by atoms with Crippen LogP contribution in [0.2, 0.25) is 0 Å². The highest BCUT2D eigenvalue weighted by Crippen LogP contribution is 2.06. The van der Waals surface area contributed by atoms with Crippen molar-refractivity contribution < 1.29 is 0 Å². The molecular formula is C19H37IN6. The van der Waals surface area contributed by atoms with E-state index in [1.54, 1.807) is 0 Å². The molecule has 0 spiro atoms. The van der Waals surface area contributed by atoms with Crippen LogP contribution < -0.4 is 5.32 Å². The van der Waals surface area contributed by atoms with Crippen LogP contribution in [0.15, 0.2) is 17.4 Å². The van der Waals surface area contributed by atoms with E-state index in [1.807, 2.05) is 6.20 Å². The van der Waals surface area contributed by atoms with Crippen LogP contribution in [0.5, 0.6) is 0 Å². The Bertz CT molecular complexity index is 520.